The number of amides is 1. The molecule has 0 bridgehead atoms. The predicted molar refractivity (Wildman–Crippen MR) is 174 cm³/mol. The maximum Gasteiger partial charge on any atom is 0.534 e. The van der Waals surface area contributed by atoms with Gasteiger partial charge in [0.25, 0.3) is 0 Å². The number of pyridine rings is 1. The Hall–Kier alpha value is -3.81. The summed E-state index contributed by atoms with van der Waals surface area (Å²) in [7, 11) is -8.41. The zero-order valence-corrected chi connectivity index (χ0v) is 29.8. The monoisotopic (exact) mass is 748 g/mol. The van der Waals surface area contributed by atoms with Gasteiger partial charge in [0.15, 0.2) is 8.32 Å². The molecule has 266 valence electrons. The Balaban J connectivity index is 1.71. The van der Waals surface area contributed by atoms with Gasteiger partial charge in [-0.05, 0) is 42.6 Å². The number of carbonyl (C=O) groups is 1. The van der Waals surface area contributed by atoms with E-state index in [1.807, 2.05) is 33.9 Å². The normalized spacial score (nSPS) is 15.8. The van der Waals surface area contributed by atoms with Crippen LogP contribution in [0, 0.1) is 11.6 Å². The van der Waals surface area contributed by atoms with Crippen molar-refractivity contribution in [2.24, 2.45) is 0 Å². The summed E-state index contributed by atoms with van der Waals surface area (Å²) in [6.07, 6.45) is -1.19. The van der Waals surface area contributed by atoms with E-state index in [-0.39, 0.29) is 69.7 Å². The maximum absolute atomic E-state index is 16.0. The number of benzene rings is 1. The van der Waals surface area contributed by atoms with Crippen molar-refractivity contribution in [3.05, 3.63) is 47.0 Å². The van der Waals surface area contributed by atoms with Crippen LogP contribution in [0.25, 0.3) is 32.6 Å². The van der Waals surface area contributed by atoms with Crippen LogP contribution in [0.2, 0.25) is 18.1 Å². The van der Waals surface area contributed by atoms with Gasteiger partial charge in [0, 0.05) is 24.2 Å². The number of hydrogen-bond acceptors (Lipinski definition) is 9. The number of ether oxygens (including phenoxy) is 1. The smallest absolute Gasteiger partial charge is 0.490 e. The lowest BCUT2D eigenvalue weighted by Crippen LogP contribution is -2.41. The highest BCUT2D eigenvalue weighted by molar-refractivity contribution is 7.88. The molecule has 1 unspecified atom stereocenters. The van der Waals surface area contributed by atoms with Gasteiger partial charge in [-0.2, -0.15) is 26.7 Å². The molecule has 1 aliphatic heterocycles. The van der Waals surface area contributed by atoms with Crippen LogP contribution >= 0.6 is 11.3 Å². The number of fused-ring (bicyclic) bond motifs is 2. The molecule has 1 N–H and O–H groups in total. The first kappa shape index (κ1) is 36.5. The molecule has 49 heavy (non-hydrogen) atoms. The third-order valence-corrected chi connectivity index (χ3v) is 15.1. The van der Waals surface area contributed by atoms with Crippen molar-refractivity contribution in [2.45, 2.75) is 63.9 Å². The summed E-state index contributed by atoms with van der Waals surface area (Å²) in [5.74, 6) is -3.31. The molecule has 4 aromatic rings. The quantitative estimate of drug-likeness (QED) is 0.0599. The Bertz CT molecular complexity index is 2030. The first-order valence-corrected chi connectivity index (χ1v) is 20.1. The molecule has 1 amide bonds. The van der Waals surface area contributed by atoms with Crippen molar-refractivity contribution in [3.8, 4) is 34.1 Å². The molecule has 0 radical (unpaired) electrons. The SMILES string of the molecule is CC1c2cc(-c3nc(OS(=O)(=O)C(F)(F)F)c4ccsc4c3-c3c(F)cc(F)cc3OCCO[Si](C)(C)C(C)(C)C)nn2CCN1C(=O)O. The van der Waals surface area contributed by atoms with Gasteiger partial charge < -0.3 is 18.5 Å². The summed E-state index contributed by atoms with van der Waals surface area (Å²) in [5.41, 5.74) is -6.20. The van der Waals surface area contributed by atoms with E-state index < -0.39 is 53.6 Å². The number of carboxylic acid groups (broad SMARTS) is 1. The average Bonchev–Trinajstić information content (AvgIpc) is 3.63. The van der Waals surface area contributed by atoms with Crippen LogP contribution in [-0.4, -0.2) is 72.9 Å². The van der Waals surface area contributed by atoms with Crippen LogP contribution in [0.5, 0.6) is 11.6 Å². The van der Waals surface area contributed by atoms with Gasteiger partial charge in [0.2, 0.25) is 5.88 Å². The molecule has 5 rings (SSSR count). The molecule has 11 nitrogen and oxygen atoms in total. The Morgan fingerprint density at radius 2 is 1.80 bits per heavy atom. The number of thiophene rings is 1. The number of rotatable bonds is 9. The topological polar surface area (TPSA) is 133 Å². The molecule has 3 aromatic heterocycles. The zero-order valence-electron chi connectivity index (χ0n) is 27.2. The van der Waals surface area contributed by atoms with Crippen LogP contribution in [0.3, 0.4) is 0 Å². The van der Waals surface area contributed by atoms with Crippen LogP contribution in [0.1, 0.15) is 39.4 Å². The molecule has 1 aliphatic rings. The number of halogens is 5. The van der Waals surface area contributed by atoms with Crippen molar-refractivity contribution in [1.82, 2.24) is 19.7 Å². The second kappa shape index (κ2) is 12.8. The lowest BCUT2D eigenvalue weighted by Gasteiger charge is -2.36. The standard InChI is InChI=1S/C30H33F5N4O7S2Si/c1-16-21-15-20(37-39(21)9-8-38(16)28(40)41)25-24(26-18(7-12-47-26)27(36-25)46-48(42,43)30(33,34)35)23-19(32)13-17(31)14-22(23)44-10-11-45-49(5,6)29(2,3)4/h7,12-16H,8-11H2,1-6H3,(H,40,41). The lowest BCUT2D eigenvalue weighted by molar-refractivity contribution is -0.0500. The van der Waals surface area contributed by atoms with Gasteiger partial charge in [-0.1, -0.05) is 20.8 Å². The van der Waals surface area contributed by atoms with E-state index in [1.165, 1.54) is 22.2 Å². The van der Waals surface area contributed by atoms with E-state index in [4.69, 9.17) is 9.16 Å². The van der Waals surface area contributed by atoms with Crippen molar-refractivity contribution in [2.75, 3.05) is 19.8 Å². The number of hydrogen-bond donors (Lipinski definition) is 1. The third-order valence-electron chi connectivity index (χ3n) is 8.67. The van der Waals surface area contributed by atoms with E-state index in [0.717, 1.165) is 22.3 Å². The Morgan fingerprint density at radius 1 is 1.10 bits per heavy atom. The number of aromatic nitrogens is 3. The maximum atomic E-state index is 16.0. The fourth-order valence-corrected chi connectivity index (χ4v) is 7.47. The fourth-order valence-electron chi connectivity index (χ4n) is 5.08. The van der Waals surface area contributed by atoms with E-state index in [1.54, 1.807) is 6.92 Å². The van der Waals surface area contributed by atoms with Gasteiger partial charge >= 0.3 is 21.7 Å². The Labute approximate surface area is 283 Å². The molecule has 0 spiro atoms. The van der Waals surface area contributed by atoms with Crippen molar-refractivity contribution < 1.29 is 53.6 Å². The largest absolute Gasteiger partial charge is 0.534 e. The Kier molecular flexibility index (Phi) is 9.54. The highest BCUT2D eigenvalue weighted by Gasteiger charge is 2.49. The van der Waals surface area contributed by atoms with Crippen LogP contribution in [0.15, 0.2) is 29.6 Å². The molecule has 1 aromatic carbocycles. The molecule has 19 heteroatoms. The van der Waals surface area contributed by atoms with Crippen LogP contribution in [-0.2, 0) is 21.1 Å². The van der Waals surface area contributed by atoms with Crippen LogP contribution < -0.4 is 8.92 Å². The summed E-state index contributed by atoms with van der Waals surface area (Å²) < 4.78 is 113. The molecular formula is C30H33F5N4O7S2Si. The van der Waals surface area contributed by atoms with Crippen molar-refractivity contribution >= 4 is 46.0 Å². The molecule has 0 saturated carbocycles. The van der Waals surface area contributed by atoms with E-state index in [9.17, 15) is 35.9 Å². The molecule has 0 fully saturated rings. The first-order chi connectivity index (χ1) is 22.6. The number of nitrogens with zero attached hydrogens (tertiary/aromatic N) is 4. The minimum atomic E-state index is -6.20. The predicted octanol–water partition coefficient (Wildman–Crippen LogP) is 7.79. The average molecular weight is 749 g/mol. The highest BCUT2D eigenvalue weighted by Crippen LogP contribution is 2.48. The summed E-state index contributed by atoms with van der Waals surface area (Å²) in [4.78, 5) is 17.1. The summed E-state index contributed by atoms with van der Waals surface area (Å²) >= 11 is 0.909. The molecule has 0 aliphatic carbocycles. The molecule has 1 atom stereocenters. The summed E-state index contributed by atoms with van der Waals surface area (Å²) in [6, 6.07) is 3.49. The second-order valence-corrected chi connectivity index (χ2v) is 20.1. The molecule has 4 heterocycles. The van der Waals surface area contributed by atoms with Crippen molar-refractivity contribution in [1.29, 1.82) is 0 Å². The van der Waals surface area contributed by atoms with E-state index >= 15 is 4.39 Å². The van der Waals surface area contributed by atoms with E-state index in [0.29, 0.717) is 11.8 Å². The third kappa shape index (κ3) is 6.97. The fraction of sp³-hybridized carbons (Fsp3) is 0.433. The van der Waals surface area contributed by atoms with E-state index in [2.05, 4.69) is 14.3 Å². The van der Waals surface area contributed by atoms with Gasteiger partial charge in [-0.3, -0.25) is 9.58 Å². The van der Waals surface area contributed by atoms with Gasteiger partial charge in [-0.15, -0.1) is 11.3 Å². The minimum absolute atomic E-state index is 0.0384. The summed E-state index contributed by atoms with van der Waals surface area (Å²) in [5, 5.41) is 15.2. The number of alkyl halides is 3. The summed E-state index contributed by atoms with van der Waals surface area (Å²) in [6.45, 7) is 11.9. The minimum Gasteiger partial charge on any atom is -0.490 e. The van der Waals surface area contributed by atoms with Crippen LogP contribution in [0.4, 0.5) is 26.7 Å². The molecular weight excluding hydrogens is 716 g/mol. The zero-order chi connectivity index (χ0) is 36.3. The molecule has 0 saturated heterocycles. The van der Waals surface area contributed by atoms with Gasteiger partial charge in [-0.25, -0.2) is 18.6 Å². The Morgan fingerprint density at radius 3 is 2.43 bits per heavy atom. The van der Waals surface area contributed by atoms with Gasteiger partial charge in [0.05, 0.1) is 40.5 Å². The first-order valence-electron chi connectivity index (χ1n) is 14.9. The lowest BCUT2D eigenvalue weighted by atomic mass is 9.98. The highest BCUT2D eigenvalue weighted by atomic mass is 32.2. The second-order valence-electron chi connectivity index (χ2n) is 12.8. The van der Waals surface area contributed by atoms with Gasteiger partial charge in [0.1, 0.15) is 35.4 Å². The van der Waals surface area contributed by atoms with Crippen molar-refractivity contribution in [3.63, 3.8) is 0 Å².